The Morgan fingerprint density at radius 3 is 1.81 bits per heavy atom. The van der Waals surface area contributed by atoms with Gasteiger partial charge in [-0.25, -0.2) is 0 Å². The zero-order valence-electron chi connectivity index (χ0n) is 33.1. The van der Waals surface area contributed by atoms with Crippen LogP contribution < -0.4 is 4.74 Å². The summed E-state index contributed by atoms with van der Waals surface area (Å²) in [4.78, 5) is 40.1. The zero-order valence-corrected chi connectivity index (χ0v) is 33.9. The van der Waals surface area contributed by atoms with Crippen LogP contribution in [0.3, 0.4) is 0 Å². The van der Waals surface area contributed by atoms with E-state index in [-0.39, 0.29) is 31.3 Å². The molecule has 0 aliphatic heterocycles. The summed E-state index contributed by atoms with van der Waals surface area (Å²) < 4.78 is 22.0. The molecule has 0 bridgehead atoms. The van der Waals surface area contributed by atoms with Crippen LogP contribution in [0.25, 0.3) is 0 Å². The molecule has 53 heavy (non-hydrogen) atoms. The van der Waals surface area contributed by atoms with E-state index in [0.717, 1.165) is 37.5 Å². The van der Waals surface area contributed by atoms with Gasteiger partial charge in [-0.1, -0.05) is 107 Å². The number of nitrogens with zero attached hydrogens (tertiary/aromatic N) is 2. The fourth-order valence-corrected chi connectivity index (χ4v) is 7.35. The number of aromatic nitrogens is 2. The van der Waals surface area contributed by atoms with Crippen LogP contribution >= 0.6 is 11.6 Å². The number of carbonyl (C=O) groups is 3. The molecule has 2 aromatic rings. The molecule has 1 aromatic heterocycles. The molecular weight excluding hydrogens is 696 g/mol. The molecule has 11 heteroatoms. The molecule has 0 saturated heterocycles. The first kappa shape index (κ1) is 44.3. The lowest BCUT2D eigenvalue weighted by Crippen LogP contribution is -2.27. The first-order valence-electron chi connectivity index (χ1n) is 19.9. The van der Waals surface area contributed by atoms with Gasteiger partial charge in [0.05, 0.1) is 18.8 Å². The van der Waals surface area contributed by atoms with Crippen molar-refractivity contribution in [2.45, 2.75) is 181 Å². The molecule has 2 fully saturated rings. The van der Waals surface area contributed by atoms with Gasteiger partial charge in [0.25, 0.3) is 0 Å². The Labute approximate surface area is 322 Å². The van der Waals surface area contributed by atoms with Crippen molar-refractivity contribution in [2.75, 3.05) is 0 Å². The van der Waals surface area contributed by atoms with Crippen molar-refractivity contribution in [3.63, 3.8) is 0 Å². The number of hydrogen-bond acceptors (Lipinski definition) is 9. The standard InChI is InChI=1S/C25H35ClN2O4.C17H30O4/c1-25(2,3)31-23(29)16-19(11-7-10-18-8-5-4-6-9-18)24-27-22(28-32-24)17-30-21-14-12-20(26)13-15-21;1-17(2,3)21-15(18)12-14(16(19)20)11-7-10-13-8-5-4-6-9-13/h12-15,18-19H,4-11,16-17H2,1-3H3;13-14H,4-12H2,1-3H3,(H,19,20)/t19-;14-/m11/s1. The monoisotopic (exact) mass is 760 g/mol. The van der Waals surface area contributed by atoms with E-state index in [1.54, 1.807) is 45.0 Å². The number of benzene rings is 1. The van der Waals surface area contributed by atoms with Crippen molar-refractivity contribution in [3.05, 3.63) is 41.0 Å². The van der Waals surface area contributed by atoms with E-state index in [9.17, 15) is 19.5 Å². The molecule has 2 saturated carbocycles. The molecule has 0 radical (unpaired) electrons. The number of ether oxygens (including phenoxy) is 3. The quantitative estimate of drug-likeness (QED) is 0.155. The van der Waals surface area contributed by atoms with Crippen LogP contribution in [-0.4, -0.2) is 44.4 Å². The summed E-state index contributed by atoms with van der Waals surface area (Å²) >= 11 is 5.91. The molecule has 2 atom stereocenters. The number of rotatable bonds is 17. The normalized spacial score (nSPS) is 16.9. The SMILES string of the molecule is CC(C)(C)OC(=O)C[C@@H](CCCC1CCCCC1)C(=O)O.CC(C)(C)OC(=O)C[C@@H](CCCC1CCCCC1)c1nc(COc2ccc(Cl)cc2)no1. The first-order chi connectivity index (χ1) is 25.1. The number of carboxylic acid groups (broad SMARTS) is 1. The summed E-state index contributed by atoms with van der Waals surface area (Å²) in [5, 5.41) is 14.0. The molecule has 0 amide bonds. The summed E-state index contributed by atoms with van der Waals surface area (Å²) in [7, 11) is 0. The fraction of sp³-hybridized carbons (Fsp3) is 0.738. The van der Waals surface area contributed by atoms with Gasteiger partial charge in [-0.15, -0.1) is 0 Å². The minimum atomic E-state index is -0.885. The molecule has 298 valence electrons. The Morgan fingerprint density at radius 1 is 0.792 bits per heavy atom. The van der Waals surface area contributed by atoms with Crippen molar-refractivity contribution in [1.82, 2.24) is 10.1 Å². The highest BCUT2D eigenvalue weighted by Gasteiger charge is 2.27. The third-order valence-corrected chi connectivity index (χ3v) is 10.1. The van der Waals surface area contributed by atoms with Crippen molar-refractivity contribution in [1.29, 1.82) is 0 Å². The number of hydrogen-bond donors (Lipinski definition) is 1. The van der Waals surface area contributed by atoms with Crippen LogP contribution in [0.4, 0.5) is 0 Å². The Kier molecular flexibility index (Phi) is 18.6. The van der Waals surface area contributed by atoms with E-state index in [1.165, 1.54) is 70.6 Å². The molecule has 4 rings (SSSR count). The number of aliphatic carboxylic acids is 1. The highest BCUT2D eigenvalue weighted by molar-refractivity contribution is 6.30. The summed E-state index contributed by atoms with van der Waals surface area (Å²) in [6.07, 6.45) is 19.0. The summed E-state index contributed by atoms with van der Waals surface area (Å²) in [5.41, 5.74) is -1.07. The smallest absolute Gasteiger partial charge is 0.307 e. The van der Waals surface area contributed by atoms with E-state index in [2.05, 4.69) is 10.1 Å². The second kappa shape index (κ2) is 22.3. The van der Waals surface area contributed by atoms with Gasteiger partial charge in [-0.3, -0.25) is 14.4 Å². The third kappa shape index (κ3) is 19.1. The minimum absolute atomic E-state index is 0.0166. The van der Waals surface area contributed by atoms with Crippen molar-refractivity contribution in [3.8, 4) is 5.75 Å². The Hall–Kier alpha value is -3.14. The highest BCUT2D eigenvalue weighted by Crippen LogP contribution is 2.32. The first-order valence-corrected chi connectivity index (χ1v) is 20.3. The van der Waals surface area contributed by atoms with Crippen molar-refractivity contribution in [2.24, 2.45) is 17.8 Å². The zero-order chi connectivity index (χ0) is 38.9. The van der Waals surface area contributed by atoms with Gasteiger partial charge in [-0.2, -0.15) is 4.98 Å². The molecule has 10 nitrogen and oxygen atoms in total. The maximum Gasteiger partial charge on any atom is 0.307 e. The summed E-state index contributed by atoms with van der Waals surface area (Å²) in [6.45, 7) is 11.2. The molecule has 1 heterocycles. The van der Waals surface area contributed by atoms with Crippen LogP contribution in [0.5, 0.6) is 5.75 Å². The molecule has 1 N–H and O–H groups in total. The van der Waals surface area contributed by atoms with E-state index in [4.69, 9.17) is 30.3 Å². The Balaban J connectivity index is 0.000000313. The largest absolute Gasteiger partial charge is 0.485 e. The van der Waals surface area contributed by atoms with Gasteiger partial charge >= 0.3 is 17.9 Å². The van der Waals surface area contributed by atoms with Gasteiger partial charge in [0.1, 0.15) is 17.0 Å². The van der Waals surface area contributed by atoms with Crippen LogP contribution in [0.1, 0.15) is 175 Å². The summed E-state index contributed by atoms with van der Waals surface area (Å²) in [5.74, 6) is 0.888. The van der Waals surface area contributed by atoms with Gasteiger partial charge < -0.3 is 23.8 Å². The maximum atomic E-state index is 12.5. The second-order valence-corrected chi connectivity index (χ2v) is 17.4. The van der Waals surface area contributed by atoms with Crippen LogP contribution in [0.2, 0.25) is 5.02 Å². The molecule has 0 spiro atoms. The average molecular weight is 761 g/mol. The van der Waals surface area contributed by atoms with Crippen LogP contribution in [0, 0.1) is 17.8 Å². The lowest BCUT2D eigenvalue weighted by atomic mass is 9.84. The van der Waals surface area contributed by atoms with Gasteiger partial charge in [0, 0.05) is 10.9 Å². The lowest BCUT2D eigenvalue weighted by molar-refractivity contribution is -0.160. The van der Waals surface area contributed by atoms with E-state index in [1.807, 2.05) is 20.8 Å². The topological polar surface area (TPSA) is 138 Å². The van der Waals surface area contributed by atoms with E-state index >= 15 is 0 Å². The van der Waals surface area contributed by atoms with Crippen LogP contribution in [0.15, 0.2) is 28.8 Å². The summed E-state index contributed by atoms with van der Waals surface area (Å²) in [6, 6.07) is 7.11. The third-order valence-electron chi connectivity index (χ3n) is 9.81. The number of carbonyl (C=O) groups excluding carboxylic acids is 2. The Bertz CT molecular complexity index is 1370. The van der Waals surface area contributed by atoms with E-state index in [0.29, 0.717) is 28.9 Å². The van der Waals surface area contributed by atoms with Gasteiger partial charge in [-0.05, 0) is 90.5 Å². The van der Waals surface area contributed by atoms with Gasteiger partial charge in [0.15, 0.2) is 6.61 Å². The van der Waals surface area contributed by atoms with E-state index < -0.39 is 29.1 Å². The average Bonchev–Trinajstić information content (AvgIpc) is 3.56. The second-order valence-electron chi connectivity index (χ2n) is 17.0. The predicted molar refractivity (Wildman–Crippen MR) is 206 cm³/mol. The minimum Gasteiger partial charge on any atom is -0.485 e. The maximum absolute atomic E-state index is 12.5. The highest BCUT2D eigenvalue weighted by atomic mass is 35.5. The molecule has 0 unspecified atom stereocenters. The fourth-order valence-electron chi connectivity index (χ4n) is 7.22. The van der Waals surface area contributed by atoms with Gasteiger partial charge in [0.2, 0.25) is 11.7 Å². The molecule has 1 aromatic carbocycles. The van der Waals surface area contributed by atoms with Crippen LogP contribution in [-0.2, 0) is 30.5 Å². The molecule has 2 aliphatic rings. The van der Waals surface area contributed by atoms with Crippen molar-refractivity contribution >= 4 is 29.5 Å². The number of carboxylic acids is 1. The number of esters is 2. The Morgan fingerprint density at radius 2 is 1.30 bits per heavy atom. The van der Waals surface area contributed by atoms with Crippen molar-refractivity contribution < 1.29 is 38.2 Å². The molecular formula is C42H65ClN2O8. The number of halogens is 1. The lowest BCUT2D eigenvalue weighted by Gasteiger charge is -2.23. The molecule has 2 aliphatic carbocycles. The predicted octanol–water partition coefficient (Wildman–Crippen LogP) is 11.0.